The van der Waals surface area contributed by atoms with E-state index >= 15 is 0 Å². The molecule has 0 amide bonds. The smallest absolute Gasteiger partial charge is 0.00958 e. The molecule has 0 saturated heterocycles. The summed E-state index contributed by atoms with van der Waals surface area (Å²) in [5, 5.41) is 0. The molecule has 4 N–H and O–H groups in total. The Hall–Kier alpha value is -0.0800. The standard InChI is InChI=1S/C15H28N2/c1-2-3-13(17)15-7-11-4-12(8-15)6-14(5-11,9-15)10-16/h11-13H,2-10,16-17H2,1H3/t11-,12-,13-,14?,15?/m1/s1. The highest BCUT2D eigenvalue weighted by Crippen LogP contribution is 2.65. The van der Waals surface area contributed by atoms with Gasteiger partial charge in [-0.1, -0.05) is 13.3 Å². The average molecular weight is 236 g/mol. The summed E-state index contributed by atoms with van der Waals surface area (Å²) in [4.78, 5) is 0. The zero-order chi connectivity index (χ0) is 12.1. The number of hydrogen-bond donors (Lipinski definition) is 2. The second-order valence-corrected chi connectivity index (χ2v) is 7.42. The highest BCUT2D eigenvalue weighted by atomic mass is 14.8. The van der Waals surface area contributed by atoms with Crippen LogP contribution in [0.1, 0.15) is 58.3 Å². The Kier molecular flexibility index (Phi) is 2.79. The molecule has 0 unspecified atom stereocenters. The molecule has 0 aromatic rings. The predicted octanol–water partition coefficient (Wildman–Crippen LogP) is 2.66. The van der Waals surface area contributed by atoms with Crippen LogP contribution >= 0.6 is 0 Å². The van der Waals surface area contributed by atoms with Gasteiger partial charge in [0.15, 0.2) is 0 Å². The van der Waals surface area contributed by atoms with E-state index in [1.54, 1.807) is 0 Å². The first-order valence-electron chi connectivity index (χ1n) is 7.57. The Bertz CT molecular complexity index is 285. The Labute approximate surface area is 106 Å². The van der Waals surface area contributed by atoms with Gasteiger partial charge in [0.2, 0.25) is 0 Å². The summed E-state index contributed by atoms with van der Waals surface area (Å²) in [6.45, 7) is 3.17. The Balaban J connectivity index is 1.87. The number of nitrogens with two attached hydrogens (primary N) is 2. The second kappa shape index (κ2) is 3.96. The highest BCUT2D eigenvalue weighted by molar-refractivity contribution is 5.10. The number of rotatable bonds is 4. The van der Waals surface area contributed by atoms with Crippen molar-refractivity contribution in [3.63, 3.8) is 0 Å². The topological polar surface area (TPSA) is 52.0 Å². The Morgan fingerprint density at radius 1 is 1.18 bits per heavy atom. The van der Waals surface area contributed by atoms with Crippen molar-refractivity contribution in [2.24, 2.45) is 34.1 Å². The normalized spacial score (nSPS) is 49.6. The van der Waals surface area contributed by atoms with Gasteiger partial charge in [-0.15, -0.1) is 0 Å². The van der Waals surface area contributed by atoms with Crippen LogP contribution in [0.15, 0.2) is 0 Å². The summed E-state index contributed by atoms with van der Waals surface area (Å²) >= 11 is 0. The maximum Gasteiger partial charge on any atom is 0.00958 e. The summed E-state index contributed by atoms with van der Waals surface area (Å²) in [5.41, 5.74) is 13.6. The van der Waals surface area contributed by atoms with Gasteiger partial charge in [0.05, 0.1) is 0 Å². The Morgan fingerprint density at radius 2 is 1.82 bits per heavy atom. The van der Waals surface area contributed by atoms with Crippen molar-refractivity contribution in [3.8, 4) is 0 Å². The van der Waals surface area contributed by atoms with E-state index in [-0.39, 0.29) is 0 Å². The third-order valence-corrected chi connectivity index (χ3v) is 6.05. The molecule has 17 heavy (non-hydrogen) atoms. The van der Waals surface area contributed by atoms with E-state index in [1.165, 1.54) is 51.4 Å². The van der Waals surface area contributed by atoms with E-state index in [0.717, 1.165) is 18.4 Å². The molecule has 3 atom stereocenters. The van der Waals surface area contributed by atoms with Gasteiger partial charge in [-0.05, 0) is 74.2 Å². The lowest BCUT2D eigenvalue weighted by molar-refractivity contribution is -0.117. The minimum absolute atomic E-state index is 0.435. The van der Waals surface area contributed by atoms with E-state index in [9.17, 15) is 0 Å². The van der Waals surface area contributed by atoms with Gasteiger partial charge in [0.25, 0.3) is 0 Å². The SMILES string of the molecule is CCC[C@@H](N)C12C[C@@H]3C[C@H](CC(CN)(C3)C1)C2. The quantitative estimate of drug-likeness (QED) is 0.788. The molecule has 2 heteroatoms. The van der Waals surface area contributed by atoms with Crippen LogP contribution in [0.4, 0.5) is 0 Å². The molecule has 4 aliphatic rings. The third-order valence-electron chi connectivity index (χ3n) is 6.05. The summed E-state index contributed by atoms with van der Waals surface area (Å²) in [6.07, 6.45) is 10.9. The highest BCUT2D eigenvalue weighted by Gasteiger charge is 2.58. The van der Waals surface area contributed by atoms with Crippen LogP contribution in [0.2, 0.25) is 0 Å². The fourth-order valence-electron chi connectivity index (χ4n) is 5.82. The lowest BCUT2D eigenvalue weighted by Crippen LogP contribution is -2.59. The van der Waals surface area contributed by atoms with Gasteiger partial charge in [-0.3, -0.25) is 0 Å². The maximum atomic E-state index is 6.56. The van der Waals surface area contributed by atoms with Gasteiger partial charge in [-0.25, -0.2) is 0 Å². The minimum atomic E-state index is 0.435. The molecule has 98 valence electrons. The fraction of sp³-hybridized carbons (Fsp3) is 1.00. The lowest BCUT2D eigenvalue weighted by atomic mass is 9.42. The monoisotopic (exact) mass is 236 g/mol. The van der Waals surface area contributed by atoms with E-state index in [1.807, 2.05) is 0 Å². The number of hydrogen-bond acceptors (Lipinski definition) is 2. The van der Waals surface area contributed by atoms with E-state index in [2.05, 4.69) is 6.92 Å². The first-order valence-corrected chi connectivity index (χ1v) is 7.57. The van der Waals surface area contributed by atoms with Gasteiger partial charge in [-0.2, -0.15) is 0 Å². The molecule has 0 aromatic heterocycles. The van der Waals surface area contributed by atoms with Crippen LogP contribution in [0.5, 0.6) is 0 Å². The van der Waals surface area contributed by atoms with Crippen molar-refractivity contribution < 1.29 is 0 Å². The molecule has 0 spiro atoms. The van der Waals surface area contributed by atoms with Gasteiger partial charge >= 0.3 is 0 Å². The van der Waals surface area contributed by atoms with Crippen LogP contribution in [-0.4, -0.2) is 12.6 Å². The predicted molar refractivity (Wildman–Crippen MR) is 71.5 cm³/mol. The molecule has 0 heterocycles. The molecule has 2 nitrogen and oxygen atoms in total. The van der Waals surface area contributed by atoms with Crippen LogP contribution in [0, 0.1) is 22.7 Å². The molecular formula is C15H28N2. The van der Waals surface area contributed by atoms with Crippen molar-refractivity contribution in [1.29, 1.82) is 0 Å². The van der Waals surface area contributed by atoms with E-state index in [4.69, 9.17) is 11.5 Å². The van der Waals surface area contributed by atoms with Crippen molar-refractivity contribution in [2.75, 3.05) is 6.54 Å². The molecule has 0 radical (unpaired) electrons. The summed E-state index contributed by atoms with van der Waals surface area (Å²) in [6, 6.07) is 0.435. The first kappa shape index (κ1) is 12.0. The molecular weight excluding hydrogens is 208 g/mol. The van der Waals surface area contributed by atoms with Crippen LogP contribution in [0.3, 0.4) is 0 Å². The first-order chi connectivity index (χ1) is 8.11. The minimum Gasteiger partial charge on any atom is -0.330 e. The molecule has 0 aromatic carbocycles. The molecule has 4 fully saturated rings. The zero-order valence-corrected chi connectivity index (χ0v) is 11.3. The van der Waals surface area contributed by atoms with Gasteiger partial charge < -0.3 is 11.5 Å². The largest absolute Gasteiger partial charge is 0.330 e. The van der Waals surface area contributed by atoms with Crippen molar-refractivity contribution in [3.05, 3.63) is 0 Å². The Morgan fingerprint density at radius 3 is 2.35 bits per heavy atom. The second-order valence-electron chi connectivity index (χ2n) is 7.42. The van der Waals surface area contributed by atoms with Crippen molar-refractivity contribution in [1.82, 2.24) is 0 Å². The van der Waals surface area contributed by atoms with Gasteiger partial charge in [0, 0.05) is 6.04 Å². The van der Waals surface area contributed by atoms with E-state index < -0.39 is 0 Å². The molecule has 4 aliphatic carbocycles. The van der Waals surface area contributed by atoms with Gasteiger partial charge in [0.1, 0.15) is 0 Å². The molecule has 4 rings (SSSR count). The molecule has 0 aliphatic heterocycles. The van der Waals surface area contributed by atoms with Crippen molar-refractivity contribution >= 4 is 0 Å². The molecule has 4 saturated carbocycles. The van der Waals surface area contributed by atoms with Crippen LogP contribution in [0.25, 0.3) is 0 Å². The van der Waals surface area contributed by atoms with Crippen LogP contribution in [-0.2, 0) is 0 Å². The third kappa shape index (κ3) is 1.76. The summed E-state index contributed by atoms with van der Waals surface area (Å²) in [7, 11) is 0. The lowest BCUT2D eigenvalue weighted by Gasteiger charge is -2.63. The van der Waals surface area contributed by atoms with Crippen molar-refractivity contribution in [2.45, 2.75) is 64.3 Å². The maximum absolute atomic E-state index is 6.56. The zero-order valence-electron chi connectivity index (χ0n) is 11.3. The van der Waals surface area contributed by atoms with E-state index in [0.29, 0.717) is 16.9 Å². The summed E-state index contributed by atoms with van der Waals surface area (Å²) in [5.74, 6) is 1.89. The fourth-order valence-corrected chi connectivity index (χ4v) is 5.82. The summed E-state index contributed by atoms with van der Waals surface area (Å²) < 4.78 is 0. The average Bonchev–Trinajstić information content (AvgIpc) is 2.27. The van der Waals surface area contributed by atoms with Crippen LogP contribution < -0.4 is 11.5 Å². The molecule has 4 bridgehead atoms.